The summed E-state index contributed by atoms with van der Waals surface area (Å²) in [5.41, 5.74) is 1.56. The summed E-state index contributed by atoms with van der Waals surface area (Å²) >= 11 is 7.54. The number of aryl methyl sites for hydroxylation is 1. The van der Waals surface area contributed by atoms with Crippen molar-refractivity contribution in [2.45, 2.75) is 21.4 Å². The van der Waals surface area contributed by atoms with Crippen molar-refractivity contribution in [2.24, 2.45) is 7.05 Å². The van der Waals surface area contributed by atoms with Crippen molar-refractivity contribution in [1.82, 2.24) is 9.55 Å². The fourth-order valence-corrected chi connectivity index (χ4v) is 5.43. The van der Waals surface area contributed by atoms with E-state index in [1.165, 1.54) is 23.9 Å². The van der Waals surface area contributed by atoms with Gasteiger partial charge in [0, 0.05) is 30.0 Å². The molecule has 7 nitrogen and oxygen atoms in total. The molecule has 2 heterocycles. The maximum Gasteiger partial charge on any atom is 0.263 e. The van der Waals surface area contributed by atoms with E-state index in [4.69, 9.17) is 11.6 Å². The number of fused-ring (bicyclic) bond motifs is 1. The van der Waals surface area contributed by atoms with E-state index in [0.717, 1.165) is 5.16 Å². The van der Waals surface area contributed by atoms with E-state index >= 15 is 0 Å². The Balaban J connectivity index is 1.67. The molecule has 144 valence electrons. The second-order valence-electron chi connectivity index (χ2n) is 6.19. The van der Waals surface area contributed by atoms with Crippen LogP contribution in [-0.2, 0) is 28.3 Å². The minimum Gasteiger partial charge on any atom is -0.329 e. The highest BCUT2D eigenvalue weighted by Crippen LogP contribution is 2.36. The Hall–Kier alpha value is -2.49. The predicted octanol–water partition coefficient (Wildman–Crippen LogP) is 3.52. The van der Waals surface area contributed by atoms with Crippen LogP contribution in [0.3, 0.4) is 0 Å². The van der Waals surface area contributed by atoms with Crippen LogP contribution in [0.4, 0.5) is 11.4 Å². The molecule has 0 fully saturated rings. The minimum atomic E-state index is -3.96. The Morgan fingerprint density at radius 3 is 2.82 bits per heavy atom. The number of carbonyl (C=O) groups is 1. The van der Waals surface area contributed by atoms with Gasteiger partial charge < -0.3 is 9.88 Å². The Morgan fingerprint density at radius 1 is 1.29 bits per heavy atom. The highest BCUT2D eigenvalue weighted by Gasteiger charge is 2.26. The summed E-state index contributed by atoms with van der Waals surface area (Å²) < 4.78 is 30.4. The van der Waals surface area contributed by atoms with Crippen molar-refractivity contribution in [3.8, 4) is 0 Å². The molecule has 0 radical (unpaired) electrons. The lowest BCUT2D eigenvalue weighted by atomic mass is 10.2. The van der Waals surface area contributed by atoms with Crippen LogP contribution in [-0.4, -0.2) is 23.9 Å². The second kappa shape index (κ2) is 7.16. The van der Waals surface area contributed by atoms with Gasteiger partial charge in [-0.25, -0.2) is 13.4 Å². The number of benzene rings is 2. The third kappa shape index (κ3) is 3.60. The average molecular weight is 435 g/mol. The zero-order valence-corrected chi connectivity index (χ0v) is 17.0. The number of sulfonamides is 1. The lowest BCUT2D eigenvalue weighted by Crippen LogP contribution is -2.14. The number of amides is 1. The van der Waals surface area contributed by atoms with Gasteiger partial charge in [-0.1, -0.05) is 23.7 Å². The van der Waals surface area contributed by atoms with Crippen molar-refractivity contribution in [2.75, 3.05) is 10.0 Å². The van der Waals surface area contributed by atoms with Gasteiger partial charge in [0.05, 0.1) is 17.1 Å². The molecule has 10 heteroatoms. The Bertz CT molecular complexity index is 1190. The van der Waals surface area contributed by atoms with Gasteiger partial charge in [0.2, 0.25) is 5.91 Å². The maximum atomic E-state index is 13.0. The zero-order chi connectivity index (χ0) is 19.9. The lowest BCUT2D eigenvalue weighted by molar-refractivity contribution is -0.115. The zero-order valence-electron chi connectivity index (χ0n) is 14.6. The van der Waals surface area contributed by atoms with Crippen LogP contribution in [0.1, 0.15) is 5.56 Å². The van der Waals surface area contributed by atoms with E-state index in [2.05, 4.69) is 15.0 Å². The van der Waals surface area contributed by atoms with E-state index in [1.807, 2.05) is 29.9 Å². The van der Waals surface area contributed by atoms with E-state index in [-0.39, 0.29) is 22.2 Å². The number of nitrogens with one attached hydrogen (secondary N) is 2. The third-order valence-electron chi connectivity index (χ3n) is 4.18. The molecular weight excluding hydrogens is 420 g/mol. The first-order valence-electron chi connectivity index (χ1n) is 8.23. The number of anilines is 2. The van der Waals surface area contributed by atoms with Crippen molar-refractivity contribution in [3.63, 3.8) is 0 Å². The normalized spacial score (nSPS) is 13.3. The SMILES string of the molecule is Cn1ccnc1Sc1ccccc1NS(=O)(=O)c1cc2c(cc1Cl)NC(=O)C2. The van der Waals surface area contributed by atoms with Crippen molar-refractivity contribution >= 4 is 50.7 Å². The molecule has 1 aliphatic rings. The summed E-state index contributed by atoms with van der Waals surface area (Å²) in [6.45, 7) is 0. The van der Waals surface area contributed by atoms with Gasteiger partial charge in [-0.05, 0) is 41.6 Å². The molecule has 28 heavy (non-hydrogen) atoms. The molecule has 0 unspecified atom stereocenters. The first kappa shape index (κ1) is 18.9. The highest BCUT2D eigenvalue weighted by atomic mass is 35.5. The van der Waals surface area contributed by atoms with E-state index in [1.54, 1.807) is 18.3 Å². The Morgan fingerprint density at radius 2 is 2.07 bits per heavy atom. The van der Waals surface area contributed by atoms with Gasteiger partial charge in [-0.15, -0.1) is 0 Å². The molecule has 1 aromatic heterocycles. The number of carbonyl (C=O) groups excluding carboxylic acids is 1. The van der Waals surface area contributed by atoms with E-state index in [9.17, 15) is 13.2 Å². The second-order valence-corrected chi connectivity index (χ2v) is 9.26. The summed E-state index contributed by atoms with van der Waals surface area (Å²) in [6.07, 6.45) is 3.62. The van der Waals surface area contributed by atoms with Crippen molar-refractivity contribution < 1.29 is 13.2 Å². The van der Waals surface area contributed by atoms with Crippen molar-refractivity contribution in [3.05, 3.63) is 59.4 Å². The molecule has 0 saturated carbocycles. The van der Waals surface area contributed by atoms with Gasteiger partial charge in [0.1, 0.15) is 4.90 Å². The first-order chi connectivity index (χ1) is 13.3. The van der Waals surface area contributed by atoms with Crippen LogP contribution < -0.4 is 10.0 Å². The molecule has 1 amide bonds. The van der Waals surface area contributed by atoms with Gasteiger partial charge in [-0.3, -0.25) is 9.52 Å². The summed E-state index contributed by atoms with van der Waals surface area (Å²) in [6, 6.07) is 9.95. The van der Waals surface area contributed by atoms with Gasteiger partial charge in [0.25, 0.3) is 10.0 Å². The lowest BCUT2D eigenvalue weighted by Gasteiger charge is -2.14. The number of rotatable bonds is 5. The largest absolute Gasteiger partial charge is 0.329 e. The molecular formula is C18H15ClN4O3S2. The molecule has 0 saturated heterocycles. The topological polar surface area (TPSA) is 93.1 Å². The molecule has 0 aliphatic carbocycles. The highest BCUT2D eigenvalue weighted by molar-refractivity contribution is 7.99. The summed E-state index contributed by atoms with van der Waals surface area (Å²) in [5, 5.41) is 3.43. The van der Waals surface area contributed by atoms with E-state index < -0.39 is 10.0 Å². The molecule has 0 atom stereocenters. The van der Waals surface area contributed by atoms with Crippen molar-refractivity contribution in [1.29, 1.82) is 0 Å². The van der Waals surface area contributed by atoms with Crippen LogP contribution in [0.2, 0.25) is 5.02 Å². The van der Waals surface area contributed by atoms with E-state index in [0.29, 0.717) is 21.8 Å². The maximum absolute atomic E-state index is 13.0. The fraction of sp³-hybridized carbons (Fsp3) is 0.111. The average Bonchev–Trinajstić information content (AvgIpc) is 3.20. The monoisotopic (exact) mass is 434 g/mol. The molecule has 2 N–H and O–H groups in total. The summed E-state index contributed by atoms with van der Waals surface area (Å²) in [7, 11) is -2.09. The molecule has 3 aromatic rings. The Labute approximate surface area is 171 Å². The van der Waals surface area contributed by atoms with Gasteiger partial charge in [-0.2, -0.15) is 0 Å². The summed E-state index contributed by atoms with van der Waals surface area (Å²) in [4.78, 5) is 16.4. The van der Waals surface area contributed by atoms with Crippen LogP contribution in [0.5, 0.6) is 0 Å². The molecule has 1 aliphatic heterocycles. The van der Waals surface area contributed by atoms with Gasteiger partial charge >= 0.3 is 0 Å². The number of nitrogens with zero attached hydrogens (tertiary/aromatic N) is 2. The standard InChI is InChI=1S/C18H15ClN4O3S2/c1-23-7-6-20-18(23)27-15-5-3-2-4-13(15)22-28(25,26)16-8-11-9-17(24)21-14(11)10-12(16)19/h2-8,10,22H,9H2,1H3,(H,21,24). The summed E-state index contributed by atoms with van der Waals surface area (Å²) in [5.74, 6) is -0.189. The number of aromatic nitrogens is 2. The first-order valence-corrected chi connectivity index (χ1v) is 10.9. The smallest absolute Gasteiger partial charge is 0.263 e. The van der Waals surface area contributed by atoms with Crippen LogP contribution >= 0.6 is 23.4 Å². The molecule has 2 aromatic carbocycles. The minimum absolute atomic E-state index is 0.0442. The van der Waals surface area contributed by atoms with Crippen LogP contribution in [0.25, 0.3) is 0 Å². The quantitative estimate of drug-likeness (QED) is 0.640. The van der Waals surface area contributed by atoms with Gasteiger partial charge in [0.15, 0.2) is 5.16 Å². The number of hydrogen-bond acceptors (Lipinski definition) is 5. The predicted molar refractivity (Wildman–Crippen MR) is 108 cm³/mol. The molecule has 4 rings (SSSR count). The number of imidazole rings is 1. The number of halogens is 1. The van der Waals surface area contributed by atoms with Crippen LogP contribution in [0, 0.1) is 0 Å². The third-order valence-corrected chi connectivity index (χ3v) is 7.16. The fourth-order valence-electron chi connectivity index (χ4n) is 2.82. The molecule has 0 spiro atoms. The van der Waals surface area contributed by atoms with Crippen LogP contribution in [0.15, 0.2) is 63.7 Å². The number of hydrogen-bond donors (Lipinski definition) is 2. The number of para-hydroxylation sites is 1. The molecule has 0 bridgehead atoms. The Kier molecular flexibility index (Phi) is 4.82.